The van der Waals surface area contributed by atoms with Crippen LogP contribution in [0.2, 0.25) is 0 Å². The van der Waals surface area contributed by atoms with Gasteiger partial charge in [-0.1, -0.05) is 6.07 Å². The number of carbonyl (C=O) groups is 1. The predicted octanol–water partition coefficient (Wildman–Crippen LogP) is 1.81. The third kappa shape index (κ3) is 3.39. The minimum Gasteiger partial charge on any atom is -0.467 e. The third-order valence-corrected chi connectivity index (χ3v) is 2.95. The molecule has 1 aromatic carbocycles. The Morgan fingerprint density at radius 3 is 2.80 bits per heavy atom. The van der Waals surface area contributed by atoms with Gasteiger partial charge >= 0.3 is 0 Å². The SMILES string of the molecule is CN(C)c1cccc(C(=O)NCC(O)c2ccco2)c1. The lowest BCUT2D eigenvalue weighted by atomic mass is 10.1. The number of amides is 1. The van der Waals surface area contributed by atoms with Crippen molar-refractivity contribution < 1.29 is 14.3 Å². The normalized spacial score (nSPS) is 11.9. The number of hydrogen-bond acceptors (Lipinski definition) is 4. The van der Waals surface area contributed by atoms with Crippen LogP contribution < -0.4 is 10.2 Å². The van der Waals surface area contributed by atoms with E-state index in [1.807, 2.05) is 31.1 Å². The predicted molar refractivity (Wildman–Crippen MR) is 76.8 cm³/mol. The smallest absolute Gasteiger partial charge is 0.251 e. The molecule has 1 amide bonds. The molecule has 0 aliphatic heterocycles. The second kappa shape index (κ2) is 6.25. The molecule has 0 fully saturated rings. The van der Waals surface area contributed by atoms with E-state index < -0.39 is 6.10 Å². The van der Waals surface area contributed by atoms with E-state index in [2.05, 4.69) is 5.32 Å². The molecular formula is C15H18N2O3. The number of nitrogens with zero attached hydrogens (tertiary/aromatic N) is 1. The van der Waals surface area contributed by atoms with Gasteiger partial charge in [0.25, 0.3) is 5.91 Å². The Kier molecular flexibility index (Phi) is 4.42. The number of carbonyl (C=O) groups excluding carboxylic acids is 1. The van der Waals surface area contributed by atoms with Crippen molar-refractivity contribution in [2.45, 2.75) is 6.10 Å². The second-order valence-corrected chi connectivity index (χ2v) is 4.69. The van der Waals surface area contributed by atoms with Crippen molar-refractivity contribution in [3.63, 3.8) is 0 Å². The number of aliphatic hydroxyl groups is 1. The summed E-state index contributed by atoms with van der Waals surface area (Å²) in [6.45, 7) is 0.110. The molecule has 0 spiro atoms. The van der Waals surface area contributed by atoms with Crippen LogP contribution in [0.3, 0.4) is 0 Å². The van der Waals surface area contributed by atoms with Crippen LogP contribution in [-0.2, 0) is 0 Å². The summed E-state index contributed by atoms with van der Waals surface area (Å²) in [5, 5.41) is 12.5. The van der Waals surface area contributed by atoms with Gasteiger partial charge in [0.05, 0.1) is 12.8 Å². The molecule has 20 heavy (non-hydrogen) atoms. The molecule has 0 radical (unpaired) electrons. The van der Waals surface area contributed by atoms with Gasteiger partial charge < -0.3 is 19.7 Å². The van der Waals surface area contributed by atoms with Gasteiger partial charge in [0, 0.05) is 25.3 Å². The average Bonchev–Trinajstić information content (AvgIpc) is 2.98. The zero-order valence-corrected chi connectivity index (χ0v) is 11.5. The summed E-state index contributed by atoms with van der Waals surface area (Å²) < 4.78 is 5.08. The summed E-state index contributed by atoms with van der Waals surface area (Å²) in [6, 6.07) is 10.7. The summed E-state index contributed by atoms with van der Waals surface area (Å²) in [5.41, 5.74) is 1.51. The van der Waals surface area contributed by atoms with Crippen molar-refractivity contribution in [3.8, 4) is 0 Å². The number of anilines is 1. The van der Waals surface area contributed by atoms with E-state index in [1.165, 1.54) is 6.26 Å². The highest BCUT2D eigenvalue weighted by molar-refractivity contribution is 5.95. The molecule has 1 aromatic heterocycles. The highest BCUT2D eigenvalue weighted by Gasteiger charge is 2.13. The minimum atomic E-state index is -0.842. The molecule has 0 bridgehead atoms. The zero-order valence-electron chi connectivity index (χ0n) is 11.5. The van der Waals surface area contributed by atoms with Gasteiger partial charge in [-0.05, 0) is 30.3 Å². The first-order chi connectivity index (χ1) is 9.58. The molecule has 5 heteroatoms. The molecule has 0 saturated carbocycles. The number of benzene rings is 1. The molecule has 2 N–H and O–H groups in total. The zero-order chi connectivity index (χ0) is 14.5. The molecule has 2 aromatic rings. The summed E-state index contributed by atoms with van der Waals surface area (Å²) in [5.74, 6) is 0.214. The van der Waals surface area contributed by atoms with Crippen LogP contribution in [-0.4, -0.2) is 31.7 Å². The van der Waals surface area contributed by atoms with E-state index in [0.717, 1.165) is 5.69 Å². The van der Waals surface area contributed by atoms with Gasteiger partial charge in [0.15, 0.2) is 0 Å². The lowest BCUT2D eigenvalue weighted by Crippen LogP contribution is -2.28. The summed E-state index contributed by atoms with van der Waals surface area (Å²) in [6.07, 6.45) is 0.645. The molecule has 0 aliphatic rings. The summed E-state index contributed by atoms with van der Waals surface area (Å²) >= 11 is 0. The largest absolute Gasteiger partial charge is 0.467 e. The number of aliphatic hydroxyl groups excluding tert-OH is 1. The molecule has 0 aliphatic carbocycles. The van der Waals surface area contributed by atoms with E-state index in [1.54, 1.807) is 24.3 Å². The van der Waals surface area contributed by atoms with Crippen LogP contribution in [0.25, 0.3) is 0 Å². The Balaban J connectivity index is 1.96. The fraction of sp³-hybridized carbons (Fsp3) is 0.267. The summed E-state index contributed by atoms with van der Waals surface area (Å²) in [7, 11) is 3.83. The van der Waals surface area contributed by atoms with Gasteiger partial charge in [-0.3, -0.25) is 4.79 Å². The van der Waals surface area contributed by atoms with Crippen LogP contribution in [0.15, 0.2) is 47.1 Å². The Morgan fingerprint density at radius 1 is 1.35 bits per heavy atom. The van der Waals surface area contributed by atoms with Crippen molar-refractivity contribution >= 4 is 11.6 Å². The van der Waals surface area contributed by atoms with E-state index in [-0.39, 0.29) is 12.5 Å². The van der Waals surface area contributed by atoms with Crippen molar-refractivity contribution in [2.24, 2.45) is 0 Å². The van der Waals surface area contributed by atoms with Crippen molar-refractivity contribution in [1.29, 1.82) is 0 Å². The van der Waals surface area contributed by atoms with Crippen molar-refractivity contribution in [2.75, 3.05) is 25.5 Å². The Labute approximate surface area is 117 Å². The first kappa shape index (κ1) is 14.1. The molecule has 1 atom stereocenters. The molecule has 0 saturated heterocycles. The Morgan fingerprint density at radius 2 is 2.15 bits per heavy atom. The minimum absolute atomic E-state index is 0.110. The molecule has 1 unspecified atom stereocenters. The van der Waals surface area contributed by atoms with Gasteiger partial charge in [-0.2, -0.15) is 0 Å². The lowest BCUT2D eigenvalue weighted by molar-refractivity contribution is 0.0901. The highest BCUT2D eigenvalue weighted by atomic mass is 16.4. The number of furan rings is 1. The van der Waals surface area contributed by atoms with Gasteiger partial charge in [0.1, 0.15) is 11.9 Å². The monoisotopic (exact) mass is 274 g/mol. The maximum atomic E-state index is 12.0. The van der Waals surface area contributed by atoms with Crippen LogP contribution in [0.1, 0.15) is 22.2 Å². The van der Waals surface area contributed by atoms with E-state index in [4.69, 9.17) is 4.42 Å². The van der Waals surface area contributed by atoms with Crippen molar-refractivity contribution in [3.05, 3.63) is 54.0 Å². The van der Waals surface area contributed by atoms with E-state index in [9.17, 15) is 9.90 Å². The van der Waals surface area contributed by atoms with Gasteiger partial charge in [-0.15, -0.1) is 0 Å². The first-order valence-corrected chi connectivity index (χ1v) is 6.35. The maximum absolute atomic E-state index is 12.0. The van der Waals surface area contributed by atoms with Crippen molar-refractivity contribution in [1.82, 2.24) is 5.32 Å². The van der Waals surface area contributed by atoms with Crippen LogP contribution in [0.5, 0.6) is 0 Å². The highest BCUT2D eigenvalue weighted by Crippen LogP contribution is 2.14. The second-order valence-electron chi connectivity index (χ2n) is 4.69. The quantitative estimate of drug-likeness (QED) is 0.872. The number of hydrogen-bond donors (Lipinski definition) is 2. The molecule has 2 rings (SSSR count). The Hall–Kier alpha value is -2.27. The van der Waals surface area contributed by atoms with E-state index in [0.29, 0.717) is 11.3 Å². The van der Waals surface area contributed by atoms with Crippen LogP contribution >= 0.6 is 0 Å². The van der Waals surface area contributed by atoms with E-state index >= 15 is 0 Å². The maximum Gasteiger partial charge on any atom is 0.251 e. The Bertz CT molecular complexity index is 564. The lowest BCUT2D eigenvalue weighted by Gasteiger charge is -2.14. The van der Waals surface area contributed by atoms with Crippen LogP contribution in [0, 0.1) is 0 Å². The fourth-order valence-corrected chi connectivity index (χ4v) is 1.80. The summed E-state index contributed by atoms with van der Waals surface area (Å²) in [4.78, 5) is 13.9. The molecular weight excluding hydrogens is 256 g/mol. The standard InChI is InChI=1S/C15H18N2O3/c1-17(2)12-6-3-5-11(9-12)15(19)16-10-13(18)14-7-4-8-20-14/h3-9,13,18H,10H2,1-2H3,(H,16,19). The topological polar surface area (TPSA) is 65.7 Å². The first-order valence-electron chi connectivity index (χ1n) is 6.35. The van der Waals surface area contributed by atoms with Crippen LogP contribution in [0.4, 0.5) is 5.69 Å². The number of nitrogens with one attached hydrogen (secondary N) is 1. The van der Waals surface area contributed by atoms with Gasteiger partial charge in [0.2, 0.25) is 0 Å². The molecule has 106 valence electrons. The molecule has 5 nitrogen and oxygen atoms in total. The number of rotatable bonds is 5. The average molecular weight is 274 g/mol. The molecule has 1 heterocycles. The fourth-order valence-electron chi connectivity index (χ4n) is 1.80. The third-order valence-electron chi connectivity index (χ3n) is 2.95. The van der Waals surface area contributed by atoms with Gasteiger partial charge in [-0.25, -0.2) is 0 Å².